The van der Waals surface area contributed by atoms with Gasteiger partial charge in [-0.3, -0.25) is 9.59 Å². The van der Waals surface area contributed by atoms with Gasteiger partial charge >= 0.3 is 0 Å². The van der Waals surface area contributed by atoms with Gasteiger partial charge in [-0.15, -0.1) is 0 Å². The molecular formula is C25H26N4O4. The fourth-order valence-corrected chi connectivity index (χ4v) is 3.81. The van der Waals surface area contributed by atoms with Crippen LogP contribution in [0.3, 0.4) is 0 Å². The zero-order chi connectivity index (χ0) is 23.7. The van der Waals surface area contributed by atoms with Crippen LogP contribution in [-0.2, 0) is 0 Å². The number of fused-ring (bicyclic) bond motifs is 1. The van der Waals surface area contributed by atoms with Crippen molar-refractivity contribution >= 4 is 28.9 Å². The number of nitrogens with two attached hydrogens (primary N) is 2. The molecular weight excluding hydrogens is 420 g/mol. The van der Waals surface area contributed by atoms with Gasteiger partial charge in [0.15, 0.2) is 5.78 Å². The Morgan fingerprint density at radius 1 is 1.09 bits per heavy atom. The predicted molar refractivity (Wildman–Crippen MR) is 127 cm³/mol. The Morgan fingerprint density at radius 2 is 1.82 bits per heavy atom. The molecule has 8 heteroatoms. The molecule has 0 saturated carbocycles. The monoisotopic (exact) mass is 446 g/mol. The number of pyridine rings is 1. The third-order valence-corrected chi connectivity index (χ3v) is 5.89. The molecule has 1 aliphatic heterocycles. The first-order valence-corrected chi connectivity index (χ1v) is 10.6. The van der Waals surface area contributed by atoms with E-state index in [0.717, 1.165) is 16.7 Å². The number of nitrogen functional groups attached to an aromatic ring is 2. The summed E-state index contributed by atoms with van der Waals surface area (Å²) in [5.41, 5.74) is 16.5. The van der Waals surface area contributed by atoms with Crippen molar-refractivity contribution in [2.24, 2.45) is 0 Å². The molecule has 0 saturated heterocycles. The summed E-state index contributed by atoms with van der Waals surface area (Å²) in [6, 6.07) is 10.1. The van der Waals surface area contributed by atoms with Gasteiger partial charge in [-0.25, -0.2) is 4.98 Å². The standard InChI is InChI=1S/C25H26N4O4/c1-13-14(2)24-22(15(3)23(13)27)20(30)10-19(33-24)12-32-18-7-5-17(6-8-18)29-25(31)16-4-9-21(26)28-11-16/h4-9,11,19H,10,12,27H2,1-3H3,(H2,26,28)(H,29,31). The number of amides is 1. The molecule has 5 N–H and O–H groups in total. The van der Waals surface area contributed by atoms with E-state index in [1.165, 1.54) is 6.20 Å². The molecule has 4 rings (SSSR count). The van der Waals surface area contributed by atoms with Crippen molar-refractivity contribution in [3.05, 3.63) is 70.4 Å². The number of hydrogen-bond donors (Lipinski definition) is 3. The lowest BCUT2D eigenvalue weighted by atomic mass is 9.90. The number of rotatable bonds is 5. The van der Waals surface area contributed by atoms with E-state index in [1.54, 1.807) is 36.4 Å². The molecule has 1 amide bonds. The minimum Gasteiger partial charge on any atom is -0.490 e. The highest BCUT2D eigenvalue weighted by Crippen LogP contribution is 2.39. The summed E-state index contributed by atoms with van der Waals surface area (Å²) >= 11 is 0. The first kappa shape index (κ1) is 22.1. The fraction of sp³-hybridized carbons (Fsp3) is 0.240. The molecule has 1 unspecified atom stereocenters. The van der Waals surface area contributed by atoms with Gasteiger partial charge in [0.05, 0.1) is 17.5 Å². The zero-order valence-electron chi connectivity index (χ0n) is 18.8. The van der Waals surface area contributed by atoms with Crippen LogP contribution in [-0.4, -0.2) is 29.4 Å². The molecule has 1 atom stereocenters. The number of aromatic nitrogens is 1. The quantitative estimate of drug-likeness (QED) is 0.508. The van der Waals surface area contributed by atoms with E-state index >= 15 is 0 Å². The van der Waals surface area contributed by atoms with Crippen LogP contribution in [0.4, 0.5) is 17.2 Å². The summed E-state index contributed by atoms with van der Waals surface area (Å²) in [7, 11) is 0. The van der Waals surface area contributed by atoms with Crippen molar-refractivity contribution in [3.8, 4) is 11.5 Å². The maximum Gasteiger partial charge on any atom is 0.257 e. The molecule has 33 heavy (non-hydrogen) atoms. The summed E-state index contributed by atoms with van der Waals surface area (Å²) < 4.78 is 12.0. The van der Waals surface area contributed by atoms with Gasteiger partial charge in [-0.05, 0) is 73.9 Å². The Morgan fingerprint density at radius 3 is 2.48 bits per heavy atom. The SMILES string of the molecule is Cc1c(C)c2c(c(C)c1N)C(=O)CC(COc1ccc(NC(=O)c3ccc(N)nc3)cc1)O2. The Bertz CT molecular complexity index is 1220. The average Bonchev–Trinajstić information content (AvgIpc) is 2.81. The largest absolute Gasteiger partial charge is 0.490 e. The maximum atomic E-state index is 12.8. The molecule has 3 aromatic rings. The molecule has 1 aromatic heterocycles. The third-order valence-electron chi connectivity index (χ3n) is 5.89. The van der Waals surface area contributed by atoms with Crippen LogP contribution in [0, 0.1) is 20.8 Å². The number of ketones is 1. The van der Waals surface area contributed by atoms with Crippen molar-refractivity contribution in [2.45, 2.75) is 33.3 Å². The number of Topliss-reactive ketones (excluding diaryl/α,β-unsaturated/α-hetero) is 1. The molecule has 0 bridgehead atoms. The van der Waals surface area contributed by atoms with Crippen molar-refractivity contribution < 1.29 is 19.1 Å². The minimum atomic E-state index is -0.400. The lowest BCUT2D eigenvalue weighted by Gasteiger charge is -2.29. The summed E-state index contributed by atoms with van der Waals surface area (Å²) in [4.78, 5) is 29.0. The lowest BCUT2D eigenvalue weighted by Crippen LogP contribution is -2.33. The number of benzene rings is 2. The Balaban J connectivity index is 1.39. The van der Waals surface area contributed by atoms with E-state index in [1.807, 2.05) is 20.8 Å². The molecule has 0 radical (unpaired) electrons. The van der Waals surface area contributed by atoms with Crippen molar-refractivity contribution in [1.82, 2.24) is 4.98 Å². The fourth-order valence-electron chi connectivity index (χ4n) is 3.81. The third kappa shape index (κ3) is 4.45. The highest BCUT2D eigenvalue weighted by atomic mass is 16.5. The highest BCUT2D eigenvalue weighted by molar-refractivity contribution is 6.04. The van der Waals surface area contributed by atoms with E-state index in [-0.39, 0.29) is 24.7 Å². The molecule has 2 heterocycles. The van der Waals surface area contributed by atoms with Gasteiger partial charge in [0, 0.05) is 17.6 Å². The molecule has 1 aliphatic rings. The predicted octanol–water partition coefficient (Wildman–Crippen LogP) is 3.84. The van der Waals surface area contributed by atoms with Crippen LogP contribution in [0.5, 0.6) is 11.5 Å². The van der Waals surface area contributed by atoms with Crippen LogP contribution < -0.4 is 26.3 Å². The molecule has 0 aliphatic carbocycles. The Labute approximate surface area is 191 Å². The smallest absolute Gasteiger partial charge is 0.257 e. The first-order valence-electron chi connectivity index (χ1n) is 10.6. The molecule has 2 aromatic carbocycles. The second kappa shape index (κ2) is 8.82. The number of anilines is 3. The topological polar surface area (TPSA) is 130 Å². The summed E-state index contributed by atoms with van der Waals surface area (Å²) in [5.74, 6) is 1.27. The van der Waals surface area contributed by atoms with Gasteiger partial charge in [0.1, 0.15) is 30.0 Å². The van der Waals surface area contributed by atoms with E-state index in [2.05, 4.69) is 10.3 Å². The van der Waals surface area contributed by atoms with Crippen molar-refractivity contribution in [2.75, 3.05) is 23.4 Å². The Kier molecular flexibility index (Phi) is 5.91. The highest BCUT2D eigenvalue weighted by Gasteiger charge is 2.31. The zero-order valence-corrected chi connectivity index (χ0v) is 18.8. The average molecular weight is 447 g/mol. The summed E-state index contributed by atoms with van der Waals surface area (Å²) in [6.45, 7) is 5.91. The van der Waals surface area contributed by atoms with Crippen LogP contribution in [0.15, 0.2) is 42.6 Å². The van der Waals surface area contributed by atoms with Crippen LogP contribution in [0.25, 0.3) is 0 Å². The second-order valence-electron chi connectivity index (χ2n) is 8.12. The minimum absolute atomic E-state index is 0.00682. The van der Waals surface area contributed by atoms with Gasteiger partial charge < -0.3 is 26.3 Å². The molecule has 8 nitrogen and oxygen atoms in total. The molecule has 0 fully saturated rings. The van der Waals surface area contributed by atoms with Crippen molar-refractivity contribution in [1.29, 1.82) is 0 Å². The van der Waals surface area contributed by atoms with E-state index in [0.29, 0.717) is 39.8 Å². The van der Waals surface area contributed by atoms with Crippen LogP contribution in [0.1, 0.15) is 43.8 Å². The number of carbonyl (C=O) groups is 2. The number of ether oxygens (including phenoxy) is 2. The summed E-state index contributed by atoms with van der Waals surface area (Å²) in [5, 5.41) is 2.79. The van der Waals surface area contributed by atoms with E-state index in [4.69, 9.17) is 20.9 Å². The number of carbonyl (C=O) groups excluding carboxylic acids is 2. The Hall–Kier alpha value is -4.07. The van der Waals surface area contributed by atoms with Gasteiger partial charge in [-0.1, -0.05) is 0 Å². The van der Waals surface area contributed by atoms with Crippen molar-refractivity contribution in [3.63, 3.8) is 0 Å². The summed E-state index contributed by atoms with van der Waals surface area (Å²) in [6.07, 6.45) is 1.24. The molecule has 0 spiro atoms. The van der Waals surface area contributed by atoms with Gasteiger partial charge in [0.25, 0.3) is 5.91 Å². The van der Waals surface area contributed by atoms with Crippen LogP contribution in [0.2, 0.25) is 0 Å². The maximum absolute atomic E-state index is 12.8. The van der Waals surface area contributed by atoms with Crippen LogP contribution >= 0.6 is 0 Å². The normalized spacial score (nSPS) is 14.9. The second-order valence-corrected chi connectivity index (χ2v) is 8.12. The number of hydrogen-bond acceptors (Lipinski definition) is 7. The van der Waals surface area contributed by atoms with Gasteiger partial charge in [-0.2, -0.15) is 0 Å². The molecule has 170 valence electrons. The van der Waals surface area contributed by atoms with E-state index in [9.17, 15) is 9.59 Å². The van der Waals surface area contributed by atoms with E-state index < -0.39 is 6.10 Å². The number of nitrogens with zero attached hydrogens (tertiary/aromatic N) is 1. The lowest BCUT2D eigenvalue weighted by molar-refractivity contribution is 0.0739. The first-order chi connectivity index (χ1) is 15.7. The van der Waals surface area contributed by atoms with Gasteiger partial charge in [0.2, 0.25) is 0 Å². The number of nitrogens with one attached hydrogen (secondary N) is 1.